The Morgan fingerprint density at radius 1 is 1.00 bits per heavy atom. The number of aromatic nitrogens is 1. The number of thiazole rings is 1. The zero-order valence-corrected chi connectivity index (χ0v) is 18.7. The van der Waals surface area contributed by atoms with Crippen LogP contribution in [0.2, 0.25) is 0 Å². The van der Waals surface area contributed by atoms with Gasteiger partial charge >= 0.3 is 6.03 Å². The topological polar surface area (TPSA) is 74.3 Å². The Kier molecular flexibility index (Phi) is 6.52. The number of benzene rings is 2. The van der Waals surface area contributed by atoms with Gasteiger partial charge in [0.15, 0.2) is 5.13 Å². The molecule has 2 N–H and O–H groups in total. The smallest absolute Gasteiger partial charge is 0.323 e. The van der Waals surface area contributed by atoms with Gasteiger partial charge in [0.2, 0.25) is 0 Å². The van der Waals surface area contributed by atoms with Crippen LogP contribution in [0.4, 0.5) is 15.6 Å². The molecule has 0 fully saturated rings. The van der Waals surface area contributed by atoms with Gasteiger partial charge in [-0.25, -0.2) is 9.78 Å². The molecule has 7 heteroatoms. The number of anilines is 2. The monoisotopic (exact) mass is 422 g/mol. The molecular formula is C23H26N4O2S. The van der Waals surface area contributed by atoms with Gasteiger partial charge in [0.05, 0.1) is 5.69 Å². The fourth-order valence-electron chi connectivity index (χ4n) is 3.32. The number of aryl methyl sites for hydroxylation is 4. The number of rotatable bonds is 5. The molecule has 0 unspecified atom stereocenters. The van der Waals surface area contributed by atoms with E-state index in [1.807, 2.05) is 63.2 Å². The Labute approximate surface area is 181 Å². The number of hydrogen-bond donors (Lipinski definition) is 2. The minimum Gasteiger partial charge on any atom is -0.323 e. The van der Waals surface area contributed by atoms with Gasteiger partial charge in [0.1, 0.15) is 4.88 Å². The zero-order chi connectivity index (χ0) is 21.8. The van der Waals surface area contributed by atoms with Crippen molar-refractivity contribution in [2.24, 2.45) is 0 Å². The van der Waals surface area contributed by atoms with Crippen molar-refractivity contribution in [3.8, 4) is 0 Å². The molecule has 0 aliphatic carbocycles. The van der Waals surface area contributed by atoms with Crippen LogP contribution in [0, 0.1) is 27.7 Å². The Balaban J connectivity index is 1.69. The van der Waals surface area contributed by atoms with Gasteiger partial charge in [-0.15, -0.1) is 0 Å². The summed E-state index contributed by atoms with van der Waals surface area (Å²) in [5.74, 6) is -0.224. The summed E-state index contributed by atoms with van der Waals surface area (Å²) >= 11 is 1.17. The fourth-order valence-corrected chi connectivity index (χ4v) is 4.18. The molecule has 0 radical (unpaired) electrons. The van der Waals surface area contributed by atoms with Gasteiger partial charge in [-0.05, 0) is 44.4 Å². The van der Waals surface area contributed by atoms with Crippen LogP contribution >= 0.6 is 11.3 Å². The number of carbonyl (C=O) groups is 2. The largest absolute Gasteiger partial charge is 0.323 e. The summed E-state index contributed by atoms with van der Waals surface area (Å²) in [4.78, 5) is 31.8. The summed E-state index contributed by atoms with van der Waals surface area (Å²) < 4.78 is 0. The minimum absolute atomic E-state index is 0.224. The zero-order valence-electron chi connectivity index (χ0n) is 17.9. The molecule has 1 aromatic heterocycles. The van der Waals surface area contributed by atoms with Crippen molar-refractivity contribution in [3.05, 3.63) is 75.3 Å². The predicted molar refractivity (Wildman–Crippen MR) is 122 cm³/mol. The lowest BCUT2D eigenvalue weighted by atomic mass is 10.1. The second-order valence-electron chi connectivity index (χ2n) is 7.43. The van der Waals surface area contributed by atoms with Crippen LogP contribution < -0.4 is 10.6 Å². The molecule has 0 saturated carbocycles. The predicted octanol–water partition coefficient (Wildman–Crippen LogP) is 5.29. The van der Waals surface area contributed by atoms with Crippen LogP contribution in [0.3, 0.4) is 0 Å². The summed E-state index contributed by atoms with van der Waals surface area (Å²) in [6.07, 6.45) is 0. The molecule has 1 heterocycles. The van der Waals surface area contributed by atoms with Crippen molar-refractivity contribution < 1.29 is 9.59 Å². The molecule has 0 spiro atoms. The molecule has 0 bridgehead atoms. The highest BCUT2D eigenvalue weighted by molar-refractivity contribution is 7.17. The first kappa shape index (κ1) is 21.5. The molecule has 3 aromatic rings. The Morgan fingerprint density at radius 2 is 1.63 bits per heavy atom. The molecule has 2 aromatic carbocycles. The Morgan fingerprint density at radius 3 is 2.27 bits per heavy atom. The molecule has 0 atom stereocenters. The van der Waals surface area contributed by atoms with Gasteiger partial charge in [0, 0.05) is 19.3 Å². The van der Waals surface area contributed by atoms with Crippen LogP contribution in [-0.4, -0.2) is 28.9 Å². The quantitative estimate of drug-likeness (QED) is 0.586. The third-order valence-corrected chi connectivity index (χ3v) is 5.81. The normalized spacial score (nSPS) is 10.6. The third kappa shape index (κ3) is 5.04. The molecule has 3 amide bonds. The highest BCUT2D eigenvalue weighted by Gasteiger charge is 2.19. The van der Waals surface area contributed by atoms with E-state index in [1.165, 1.54) is 11.3 Å². The van der Waals surface area contributed by atoms with Crippen LogP contribution in [0.1, 0.15) is 37.6 Å². The summed E-state index contributed by atoms with van der Waals surface area (Å²) in [7, 11) is 1.72. The van der Waals surface area contributed by atoms with Gasteiger partial charge in [-0.3, -0.25) is 10.1 Å². The van der Waals surface area contributed by atoms with E-state index in [4.69, 9.17) is 0 Å². The maximum atomic E-state index is 12.8. The van der Waals surface area contributed by atoms with Gasteiger partial charge < -0.3 is 10.2 Å². The molecule has 0 saturated heterocycles. The molecule has 6 nitrogen and oxygen atoms in total. The molecule has 3 rings (SSSR count). The average Bonchev–Trinajstić information content (AvgIpc) is 3.05. The lowest BCUT2D eigenvalue weighted by Crippen LogP contribution is -2.30. The molecule has 156 valence electrons. The summed E-state index contributed by atoms with van der Waals surface area (Å²) in [5, 5.41) is 6.18. The summed E-state index contributed by atoms with van der Waals surface area (Å²) in [5.41, 5.74) is 5.61. The number of nitrogens with one attached hydrogen (secondary N) is 2. The number of carbonyl (C=O) groups excluding carboxylic acids is 2. The Bertz CT molecular complexity index is 1050. The lowest BCUT2D eigenvalue weighted by Gasteiger charge is -2.16. The molecular weight excluding hydrogens is 396 g/mol. The summed E-state index contributed by atoms with van der Waals surface area (Å²) in [6.45, 7) is 8.23. The Hall–Kier alpha value is -3.19. The van der Waals surface area contributed by atoms with E-state index in [1.54, 1.807) is 18.9 Å². The van der Waals surface area contributed by atoms with Crippen molar-refractivity contribution >= 4 is 34.1 Å². The van der Waals surface area contributed by atoms with E-state index in [2.05, 4.69) is 15.6 Å². The standard InChI is InChI=1S/C23H26N4O2S/c1-14-11-15(2)19(16(3)12-14)25-21(28)20-17(4)24-22(30-20)26-23(29)27(5)13-18-9-7-6-8-10-18/h6-12H,13H2,1-5H3,(H,25,28)(H,24,26,29). The number of hydrogen-bond acceptors (Lipinski definition) is 4. The molecule has 0 aliphatic rings. The maximum Gasteiger partial charge on any atom is 0.323 e. The SMILES string of the molecule is Cc1cc(C)c(NC(=O)c2sc(NC(=O)N(C)Cc3ccccc3)nc2C)c(C)c1. The average molecular weight is 423 g/mol. The first-order chi connectivity index (χ1) is 14.2. The van der Waals surface area contributed by atoms with E-state index in [0.29, 0.717) is 22.2 Å². The first-order valence-corrected chi connectivity index (χ1v) is 10.5. The van der Waals surface area contributed by atoms with Crippen LogP contribution in [0.5, 0.6) is 0 Å². The maximum absolute atomic E-state index is 12.8. The van der Waals surface area contributed by atoms with E-state index in [-0.39, 0.29) is 11.9 Å². The third-order valence-electron chi connectivity index (χ3n) is 4.74. The van der Waals surface area contributed by atoms with E-state index >= 15 is 0 Å². The van der Waals surface area contributed by atoms with Crippen molar-refractivity contribution in [2.45, 2.75) is 34.2 Å². The number of nitrogens with zero attached hydrogens (tertiary/aromatic N) is 2. The lowest BCUT2D eigenvalue weighted by molar-refractivity contribution is 0.102. The van der Waals surface area contributed by atoms with Crippen molar-refractivity contribution in [3.63, 3.8) is 0 Å². The highest BCUT2D eigenvalue weighted by atomic mass is 32.1. The second kappa shape index (κ2) is 9.09. The van der Waals surface area contributed by atoms with Crippen molar-refractivity contribution in [1.29, 1.82) is 0 Å². The van der Waals surface area contributed by atoms with Gasteiger partial charge in [0.25, 0.3) is 5.91 Å². The fraction of sp³-hybridized carbons (Fsp3) is 0.261. The summed E-state index contributed by atoms with van der Waals surface area (Å²) in [6, 6.07) is 13.6. The molecule has 30 heavy (non-hydrogen) atoms. The van der Waals surface area contributed by atoms with Gasteiger partial charge in [-0.1, -0.05) is 59.4 Å². The minimum atomic E-state index is -0.273. The van der Waals surface area contributed by atoms with E-state index in [9.17, 15) is 9.59 Å². The van der Waals surface area contributed by atoms with Crippen LogP contribution in [0.25, 0.3) is 0 Å². The van der Waals surface area contributed by atoms with Gasteiger partial charge in [-0.2, -0.15) is 0 Å². The van der Waals surface area contributed by atoms with E-state index < -0.39 is 0 Å². The number of amides is 3. The van der Waals surface area contributed by atoms with Crippen LogP contribution in [-0.2, 0) is 6.54 Å². The highest BCUT2D eigenvalue weighted by Crippen LogP contribution is 2.27. The first-order valence-electron chi connectivity index (χ1n) is 9.67. The van der Waals surface area contributed by atoms with E-state index in [0.717, 1.165) is 27.9 Å². The second-order valence-corrected chi connectivity index (χ2v) is 8.43. The van der Waals surface area contributed by atoms with Crippen LogP contribution in [0.15, 0.2) is 42.5 Å². The van der Waals surface area contributed by atoms with Crippen molar-refractivity contribution in [2.75, 3.05) is 17.7 Å². The number of urea groups is 1. The van der Waals surface area contributed by atoms with Crippen molar-refractivity contribution in [1.82, 2.24) is 9.88 Å². The molecule has 0 aliphatic heterocycles.